The molecule has 0 spiro atoms. The van der Waals surface area contributed by atoms with E-state index in [4.69, 9.17) is 9.47 Å². The molecule has 4 rings (SSSR count). The lowest BCUT2D eigenvalue weighted by molar-refractivity contribution is 0.0763. The molecule has 30 heavy (non-hydrogen) atoms. The number of hydrogen-bond acceptors (Lipinski definition) is 5. The number of fused-ring (bicyclic) bond motifs is 1. The average molecular weight is 403 g/mol. The van der Waals surface area contributed by atoms with Crippen LogP contribution in [0.2, 0.25) is 0 Å². The van der Waals surface area contributed by atoms with Crippen molar-refractivity contribution in [3.05, 3.63) is 83.2 Å². The monoisotopic (exact) mass is 403 g/mol. The molecular weight excluding hydrogens is 382 g/mol. The Hall–Kier alpha value is -3.87. The first-order valence-corrected chi connectivity index (χ1v) is 9.44. The summed E-state index contributed by atoms with van der Waals surface area (Å²) in [7, 11) is 3.08. The molecule has 0 fully saturated rings. The van der Waals surface area contributed by atoms with Gasteiger partial charge < -0.3 is 19.7 Å². The molecule has 3 aromatic rings. The minimum absolute atomic E-state index is 0.160. The van der Waals surface area contributed by atoms with E-state index < -0.39 is 0 Å². The van der Waals surface area contributed by atoms with Crippen molar-refractivity contribution >= 4 is 17.5 Å². The van der Waals surface area contributed by atoms with E-state index in [0.29, 0.717) is 41.4 Å². The molecule has 0 atom stereocenters. The van der Waals surface area contributed by atoms with Crippen LogP contribution in [0.5, 0.6) is 11.5 Å². The van der Waals surface area contributed by atoms with Gasteiger partial charge in [0.05, 0.1) is 25.3 Å². The van der Waals surface area contributed by atoms with Gasteiger partial charge in [0.2, 0.25) is 0 Å². The Morgan fingerprint density at radius 3 is 2.67 bits per heavy atom. The van der Waals surface area contributed by atoms with E-state index in [1.54, 1.807) is 54.7 Å². The maximum Gasteiger partial charge on any atom is 0.256 e. The Morgan fingerprint density at radius 2 is 1.93 bits per heavy atom. The zero-order valence-electron chi connectivity index (χ0n) is 16.7. The van der Waals surface area contributed by atoms with Crippen LogP contribution in [0.4, 0.5) is 5.69 Å². The molecule has 0 bridgehead atoms. The predicted molar refractivity (Wildman–Crippen MR) is 112 cm³/mol. The lowest BCUT2D eigenvalue weighted by Crippen LogP contribution is -2.25. The Labute approximate surface area is 174 Å². The number of benzene rings is 2. The maximum atomic E-state index is 13.1. The molecule has 1 N–H and O–H groups in total. The highest BCUT2D eigenvalue weighted by molar-refractivity contribution is 6.13. The number of amides is 2. The van der Waals surface area contributed by atoms with Crippen molar-refractivity contribution in [3.63, 3.8) is 0 Å². The summed E-state index contributed by atoms with van der Waals surface area (Å²) in [6, 6.07) is 14.2. The first kappa shape index (κ1) is 19.4. The maximum absolute atomic E-state index is 13.1. The highest BCUT2D eigenvalue weighted by Gasteiger charge is 2.31. The van der Waals surface area contributed by atoms with Crippen molar-refractivity contribution in [3.8, 4) is 11.5 Å². The SMILES string of the molecule is COc1ccc(NC(=O)c2cccc3c2C(=O)N(Cc2cccnc2)C3)cc1OC. The minimum Gasteiger partial charge on any atom is -0.493 e. The molecule has 7 nitrogen and oxygen atoms in total. The highest BCUT2D eigenvalue weighted by atomic mass is 16.5. The summed E-state index contributed by atoms with van der Waals surface area (Å²) in [6.45, 7) is 0.901. The average Bonchev–Trinajstić information content (AvgIpc) is 3.09. The second-order valence-electron chi connectivity index (χ2n) is 6.89. The molecule has 0 radical (unpaired) electrons. The third-order valence-electron chi connectivity index (χ3n) is 5.00. The molecule has 0 aliphatic carbocycles. The van der Waals surface area contributed by atoms with E-state index in [1.807, 2.05) is 18.2 Å². The molecule has 0 unspecified atom stereocenters. The van der Waals surface area contributed by atoms with E-state index in [9.17, 15) is 9.59 Å². The van der Waals surface area contributed by atoms with Crippen LogP contribution in [-0.2, 0) is 13.1 Å². The predicted octanol–water partition coefficient (Wildman–Crippen LogP) is 3.51. The lowest BCUT2D eigenvalue weighted by atomic mass is 10.0. The van der Waals surface area contributed by atoms with Crippen LogP contribution in [-0.4, -0.2) is 35.9 Å². The number of nitrogens with zero attached hydrogens (tertiary/aromatic N) is 2. The van der Waals surface area contributed by atoms with Crippen molar-refractivity contribution in [2.24, 2.45) is 0 Å². The van der Waals surface area contributed by atoms with Crippen molar-refractivity contribution in [2.75, 3.05) is 19.5 Å². The van der Waals surface area contributed by atoms with Gasteiger partial charge in [0.1, 0.15) is 0 Å². The number of pyridine rings is 1. The van der Waals surface area contributed by atoms with Gasteiger partial charge in [-0.2, -0.15) is 0 Å². The van der Waals surface area contributed by atoms with Gasteiger partial charge in [-0.1, -0.05) is 18.2 Å². The van der Waals surface area contributed by atoms with Gasteiger partial charge in [0.15, 0.2) is 11.5 Å². The highest BCUT2D eigenvalue weighted by Crippen LogP contribution is 2.31. The molecule has 2 heterocycles. The van der Waals surface area contributed by atoms with Crippen molar-refractivity contribution in [2.45, 2.75) is 13.1 Å². The number of carbonyl (C=O) groups excluding carboxylic acids is 2. The normalized spacial score (nSPS) is 12.5. The van der Waals surface area contributed by atoms with Crippen LogP contribution in [0, 0.1) is 0 Å². The number of ether oxygens (including phenoxy) is 2. The van der Waals surface area contributed by atoms with E-state index in [0.717, 1.165) is 11.1 Å². The van der Waals surface area contributed by atoms with Crippen LogP contribution >= 0.6 is 0 Å². The van der Waals surface area contributed by atoms with Crippen LogP contribution < -0.4 is 14.8 Å². The molecule has 1 aliphatic rings. The number of methoxy groups -OCH3 is 2. The Bertz CT molecular complexity index is 1100. The van der Waals surface area contributed by atoms with Gasteiger partial charge in [-0.15, -0.1) is 0 Å². The van der Waals surface area contributed by atoms with Crippen LogP contribution in [0.25, 0.3) is 0 Å². The minimum atomic E-state index is -0.351. The van der Waals surface area contributed by atoms with Crippen molar-refractivity contribution in [1.29, 1.82) is 0 Å². The quantitative estimate of drug-likeness (QED) is 0.681. The zero-order valence-corrected chi connectivity index (χ0v) is 16.7. The number of aromatic nitrogens is 1. The second kappa shape index (κ2) is 8.24. The largest absolute Gasteiger partial charge is 0.493 e. The van der Waals surface area contributed by atoms with E-state index in [-0.39, 0.29) is 11.8 Å². The van der Waals surface area contributed by atoms with E-state index >= 15 is 0 Å². The summed E-state index contributed by atoms with van der Waals surface area (Å²) in [5.74, 6) is 0.562. The standard InChI is InChI=1S/C23H21N3O4/c1-29-19-9-8-17(11-20(19)30-2)25-22(27)18-7-3-6-16-14-26(23(28)21(16)18)13-15-5-4-10-24-12-15/h3-12H,13-14H2,1-2H3,(H,25,27). The fraction of sp³-hybridized carbons (Fsp3) is 0.174. The zero-order chi connectivity index (χ0) is 21.1. The molecule has 0 saturated carbocycles. The van der Waals surface area contributed by atoms with Gasteiger partial charge in [0, 0.05) is 37.2 Å². The van der Waals surface area contributed by atoms with Gasteiger partial charge >= 0.3 is 0 Å². The van der Waals surface area contributed by atoms with Crippen molar-refractivity contribution < 1.29 is 19.1 Å². The molecule has 1 aromatic heterocycles. The lowest BCUT2D eigenvalue weighted by Gasteiger charge is -2.15. The smallest absolute Gasteiger partial charge is 0.256 e. The molecule has 2 amide bonds. The molecule has 1 aliphatic heterocycles. The fourth-order valence-electron chi connectivity index (χ4n) is 3.56. The number of nitrogens with one attached hydrogen (secondary N) is 1. The Morgan fingerprint density at radius 1 is 1.10 bits per heavy atom. The number of hydrogen-bond donors (Lipinski definition) is 1. The molecule has 0 saturated heterocycles. The summed E-state index contributed by atoms with van der Waals surface area (Å²) < 4.78 is 10.5. The van der Waals surface area contributed by atoms with E-state index in [1.165, 1.54) is 7.11 Å². The summed E-state index contributed by atoms with van der Waals surface area (Å²) >= 11 is 0. The van der Waals surface area contributed by atoms with Crippen LogP contribution in [0.3, 0.4) is 0 Å². The van der Waals surface area contributed by atoms with Gasteiger partial charge in [0.25, 0.3) is 11.8 Å². The molecular formula is C23H21N3O4. The molecule has 7 heteroatoms. The summed E-state index contributed by atoms with van der Waals surface area (Å²) in [5.41, 5.74) is 3.12. The van der Waals surface area contributed by atoms with Gasteiger partial charge in [-0.3, -0.25) is 14.6 Å². The third kappa shape index (κ3) is 3.69. The van der Waals surface area contributed by atoms with Crippen LogP contribution in [0.1, 0.15) is 31.8 Å². The van der Waals surface area contributed by atoms with E-state index in [2.05, 4.69) is 10.3 Å². The first-order valence-electron chi connectivity index (χ1n) is 9.44. The number of carbonyl (C=O) groups is 2. The summed E-state index contributed by atoms with van der Waals surface area (Å²) in [4.78, 5) is 31.8. The Balaban J connectivity index is 1.57. The molecule has 152 valence electrons. The molecule has 2 aromatic carbocycles. The number of anilines is 1. The Kier molecular flexibility index (Phi) is 5.34. The first-order chi connectivity index (χ1) is 14.6. The van der Waals surface area contributed by atoms with Gasteiger partial charge in [-0.25, -0.2) is 0 Å². The van der Waals surface area contributed by atoms with Gasteiger partial charge in [-0.05, 0) is 35.4 Å². The second-order valence-corrected chi connectivity index (χ2v) is 6.89. The summed E-state index contributed by atoms with van der Waals surface area (Å²) in [5, 5.41) is 2.84. The van der Waals surface area contributed by atoms with Crippen molar-refractivity contribution in [1.82, 2.24) is 9.88 Å². The third-order valence-corrected chi connectivity index (χ3v) is 5.00. The topological polar surface area (TPSA) is 80.8 Å². The number of rotatable bonds is 6. The van der Waals surface area contributed by atoms with Crippen LogP contribution in [0.15, 0.2) is 60.9 Å². The fourth-order valence-corrected chi connectivity index (χ4v) is 3.56. The summed E-state index contributed by atoms with van der Waals surface area (Å²) in [6.07, 6.45) is 3.43.